The van der Waals surface area contributed by atoms with Crippen molar-refractivity contribution in [3.8, 4) is 11.8 Å². The van der Waals surface area contributed by atoms with Crippen molar-refractivity contribution >= 4 is 11.9 Å². The molecule has 0 saturated carbocycles. The van der Waals surface area contributed by atoms with Gasteiger partial charge in [-0.05, 0) is 16.9 Å². The molecule has 142 valence electrons. The second kappa shape index (κ2) is 6.60. The molecule has 0 aliphatic rings. The van der Waals surface area contributed by atoms with Crippen LogP contribution in [0.4, 0.5) is 4.39 Å². The van der Waals surface area contributed by atoms with Crippen molar-refractivity contribution in [3.63, 3.8) is 0 Å². The fraction of sp³-hybridized carbons (Fsp3) is 0.526. The number of nitrogens with zero attached hydrogens (tertiary/aromatic N) is 1. The minimum Gasteiger partial charge on any atom is -0.495 e. The first kappa shape index (κ1) is 21.4. The number of aliphatic carboxylic acids is 2. The molecule has 1 aromatic rings. The van der Waals surface area contributed by atoms with E-state index < -0.39 is 39.6 Å². The topological polar surface area (TPSA) is 108 Å². The molecule has 7 heteroatoms. The summed E-state index contributed by atoms with van der Waals surface area (Å²) in [6, 6.07) is 2.89. The van der Waals surface area contributed by atoms with Gasteiger partial charge in [0, 0.05) is 11.1 Å². The Labute approximate surface area is 152 Å². The van der Waals surface area contributed by atoms with Gasteiger partial charge in [0.2, 0.25) is 0 Å². The van der Waals surface area contributed by atoms with Crippen molar-refractivity contribution in [1.29, 1.82) is 5.26 Å². The van der Waals surface area contributed by atoms with Crippen LogP contribution in [0.2, 0.25) is 0 Å². The number of halogens is 1. The van der Waals surface area contributed by atoms with Crippen molar-refractivity contribution < 1.29 is 28.9 Å². The molecule has 26 heavy (non-hydrogen) atoms. The van der Waals surface area contributed by atoms with E-state index in [4.69, 9.17) is 4.74 Å². The Morgan fingerprint density at radius 3 is 1.85 bits per heavy atom. The molecular weight excluding hydrogens is 341 g/mol. The lowest BCUT2D eigenvalue weighted by molar-refractivity contribution is -0.164. The number of rotatable bonds is 4. The summed E-state index contributed by atoms with van der Waals surface area (Å²) >= 11 is 0. The Balaban J connectivity index is 4.26. The Morgan fingerprint density at radius 2 is 1.58 bits per heavy atom. The van der Waals surface area contributed by atoms with E-state index in [0.29, 0.717) is 0 Å². The summed E-state index contributed by atoms with van der Waals surface area (Å²) in [6.07, 6.45) is 0. The highest BCUT2D eigenvalue weighted by Crippen LogP contribution is 2.47. The van der Waals surface area contributed by atoms with Gasteiger partial charge in [0.25, 0.3) is 0 Å². The normalized spacial score (nSPS) is 12.4. The Bertz CT molecular complexity index is 780. The molecule has 0 saturated heterocycles. The lowest BCUT2D eigenvalue weighted by Gasteiger charge is -2.39. The lowest BCUT2D eigenvalue weighted by atomic mass is 9.61. The van der Waals surface area contributed by atoms with Crippen LogP contribution < -0.4 is 4.74 Å². The zero-order chi connectivity index (χ0) is 20.7. The lowest BCUT2D eigenvalue weighted by Crippen LogP contribution is -2.54. The van der Waals surface area contributed by atoms with Crippen molar-refractivity contribution in [2.24, 2.45) is 5.41 Å². The predicted octanol–water partition coefficient (Wildman–Crippen LogP) is 3.46. The van der Waals surface area contributed by atoms with E-state index in [0.717, 1.165) is 6.07 Å². The molecule has 1 aromatic carbocycles. The third-order valence-corrected chi connectivity index (χ3v) is 4.48. The number of ether oxygens (including phenoxy) is 1. The molecule has 6 nitrogen and oxygen atoms in total. The van der Waals surface area contributed by atoms with E-state index >= 15 is 4.39 Å². The van der Waals surface area contributed by atoms with Crippen molar-refractivity contribution in [1.82, 2.24) is 0 Å². The van der Waals surface area contributed by atoms with Gasteiger partial charge in [0.05, 0.1) is 7.11 Å². The highest BCUT2D eigenvalue weighted by Gasteiger charge is 2.59. The second-order valence-electron chi connectivity index (χ2n) is 8.16. The van der Waals surface area contributed by atoms with Crippen LogP contribution in [-0.4, -0.2) is 29.3 Å². The van der Waals surface area contributed by atoms with Gasteiger partial charge in [-0.2, -0.15) is 5.26 Å². The number of carboxylic acids is 2. The highest BCUT2D eigenvalue weighted by atomic mass is 19.1. The minimum absolute atomic E-state index is 0.0649. The standard InChI is InChI=1S/C19H24FNO5/c1-17(2,3)13-10(9-21)12(26-7)8-11(14(13)20)19(15(22)23,16(24)25)18(4,5)6/h8H,1-7H3,(H,22,23)(H,24,25). The van der Waals surface area contributed by atoms with Gasteiger partial charge in [-0.3, -0.25) is 9.59 Å². The summed E-state index contributed by atoms with van der Waals surface area (Å²) in [5.41, 5.74) is -5.53. The molecule has 0 aliphatic carbocycles. The zero-order valence-corrected chi connectivity index (χ0v) is 16.0. The maximum Gasteiger partial charge on any atom is 0.326 e. The van der Waals surface area contributed by atoms with Crippen LogP contribution in [0.3, 0.4) is 0 Å². The fourth-order valence-corrected chi connectivity index (χ4v) is 3.25. The molecule has 0 unspecified atom stereocenters. The van der Waals surface area contributed by atoms with Gasteiger partial charge < -0.3 is 14.9 Å². The summed E-state index contributed by atoms with van der Waals surface area (Å²) < 4.78 is 20.7. The summed E-state index contributed by atoms with van der Waals surface area (Å²) in [4.78, 5) is 24.2. The Hall–Kier alpha value is -2.62. The number of methoxy groups -OCH3 is 1. The maximum atomic E-state index is 15.5. The summed E-state index contributed by atoms with van der Waals surface area (Å²) in [5, 5.41) is 29.1. The molecule has 0 radical (unpaired) electrons. The van der Waals surface area contributed by atoms with Crippen LogP contribution in [0.1, 0.15) is 58.2 Å². The first-order valence-electron chi connectivity index (χ1n) is 7.96. The average molecular weight is 365 g/mol. The van der Waals surface area contributed by atoms with E-state index in [-0.39, 0.29) is 16.9 Å². The maximum absolute atomic E-state index is 15.5. The molecule has 0 aliphatic heterocycles. The van der Waals surface area contributed by atoms with Crippen LogP contribution >= 0.6 is 0 Å². The summed E-state index contributed by atoms with van der Waals surface area (Å²) in [5.74, 6) is -4.47. The van der Waals surface area contributed by atoms with E-state index in [1.807, 2.05) is 6.07 Å². The SMILES string of the molecule is COc1cc(C(C(=O)O)(C(=O)O)C(C)(C)C)c(F)c(C(C)(C)C)c1C#N. The summed E-state index contributed by atoms with van der Waals surface area (Å²) in [7, 11) is 1.25. The minimum atomic E-state index is -2.57. The summed E-state index contributed by atoms with van der Waals surface area (Å²) in [6.45, 7) is 9.18. The van der Waals surface area contributed by atoms with E-state index in [1.165, 1.54) is 27.9 Å². The molecule has 0 bridgehead atoms. The van der Waals surface area contributed by atoms with Crippen LogP contribution in [0, 0.1) is 22.6 Å². The van der Waals surface area contributed by atoms with E-state index in [2.05, 4.69) is 0 Å². The van der Waals surface area contributed by atoms with Gasteiger partial charge in [0.15, 0.2) is 5.41 Å². The second-order valence-corrected chi connectivity index (χ2v) is 8.16. The molecule has 0 atom stereocenters. The predicted molar refractivity (Wildman–Crippen MR) is 92.8 cm³/mol. The molecule has 0 amide bonds. The molecule has 0 aromatic heterocycles. The molecule has 0 heterocycles. The van der Waals surface area contributed by atoms with Crippen molar-refractivity contribution in [3.05, 3.63) is 28.6 Å². The average Bonchev–Trinajstić information content (AvgIpc) is 2.44. The molecule has 2 N–H and O–H groups in total. The van der Waals surface area contributed by atoms with Gasteiger partial charge in [-0.15, -0.1) is 0 Å². The zero-order valence-electron chi connectivity index (χ0n) is 16.0. The van der Waals surface area contributed by atoms with Crippen LogP contribution in [-0.2, 0) is 20.4 Å². The fourth-order valence-electron chi connectivity index (χ4n) is 3.25. The van der Waals surface area contributed by atoms with Crippen LogP contribution in [0.5, 0.6) is 5.75 Å². The number of hydrogen-bond donors (Lipinski definition) is 2. The monoisotopic (exact) mass is 365 g/mol. The largest absolute Gasteiger partial charge is 0.495 e. The quantitative estimate of drug-likeness (QED) is 0.791. The highest BCUT2D eigenvalue weighted by molar-refractivity contribution is 6.06. The Kier molecular flexibility index (Phi) is 5.44. The smallest absolute Gasteiger partial charge is 0.326 e. The number of carboxylic acid groups (broad SMARTS) is 2. The third kappa shape index (κ3) is 3.00. The van der Waals surface area contributed by atoms with Gasteiger partial charge in [0.1, 0.15) is 23.2 Å². The number of nitriles is 1. The van der Waals surface area contributed by atoms with Gasteiger partial charge >= 0.3 is 11.9 Å². The molecule has 1 rings (SSSR count). The van der Waals surface area contributed by atoms with E-state index in [9.17, 15) is 25.1 Å². The van der Waals surface area contributed by atoms with Crippen molar-refractivity contribution in [2.75, 3.05) is 7.11 Å². The number of benzene rings is 1. The first-order valence-corrected chi connectivity index (χ1v) is 7.96. The molecular formula is C19H24FNO5. The number of carbonyl (C=O) groups is 2. The first-order chi connectivity index (χ1) is 11.7. The van der Waals surface area contributed by atoms with E-state index in [1.54, 1.807) is 20.8 Å². The van der Waals surface area contributed by atoms with Gasteiger partial charge in [-0.25, -0.2) is 4.39 Å². The van der Waals surface area contributed by atoms with Crippen LogP contribution in [0.25, 0.3) is 0 Å². The van der Waals surface area contributed by atoms with Crippen molar-refractivity contribution in [2.45, 2.75) is 52.4 Å². The van der Waals surface area contributed by atoms with Gasteiger partial charge in [-0.1, -0.05) is 41.5 Å². The molecule has 0 fully saturated rings. The van der Waals surface area contributed by atoms with Crippen LogP contribution in [0.15, 0.2) is 6.07 Å². The Morgan fingerprint density at radius 1 is 1.12 bits per heavy atom. The molecule has 0 spiro atoms. The number of hydrogen-bond acceptors (Lipinski definition) is 4. The third-order valence-electron chi connectivity index (χ3n) is 4.48.